The van der Waals surface area contributed by atoms with Crippen molar-refractivity contribution in [3.05, 3.63) is 108 Å². The van der Waals surface area contributed by atoms with Gasteiger partial charge in [-0.1, -0.05) is 60.7 Å². The summed E-state index contributed by atoms with van der Waals surface area (Å²) < 4.78 is 17.1. The van der Waals surface area contributed by atoms with E-state index in [1.54, 1.807) is 11.0 Å². The van der Waals surface area contributed by atoms with Gasteiger partial charge in [0.25, 0.3) is 0 Å². The first-order chi connectivity index (χ1) is 22.7. The number of rotatable bonds is 13. The highest BCUT2D eigenvalue weighted by Crippen LogP contribution is 2.38. The predicted molar refractivity (Wildman–Crippen MR) is 175 cm³/mol. The molecule has 0 fully saturated rings. The van der Waals surface area contributed by atoms with Crippen molar-refractivity contribution in [3.8, 4) is 11.5 Å². The summed E-state index contributed by atoms with van der Waals surface area (Å²) in [5.74, 6) is -3.02. The van der Waals surface area contributed by atoms with Crippen LogP contribution < -0.4 is 9.47 Å². The molecule has 10 heteroatoms. The number of amides is 1. The zero-order chi connectivity index (χ0) is 32.9. The van der Waals surface area contributed by atoms with Crippen molar-refractivity contribution in [2.45, 2.75) is 44.7 Å². The first-order valence-electron chi connectivity index (χ1n) is 15.4. The number of benzene rings is 4. The van der Waals surface area contributed by atoms with Crippen LogP contribution in [0.25, 0.3) is 27.9 Å². The number of nitrogens with zero attached hydrogens (tertiary/aromatic N) is 2. The first-order valence-corrected chi connectivity index (χ1v) is 15.4. The molecule has 0 bridgehead atoms. The number of carbonyl (C=O) groups excluding carboxylic acids is 1. The van der Waals surface area contributed by atoms with E-state index in [9.17, 15) is 24.6 Å². The molecule has 2 N–H and O–H groups in total. The SMILES string of the molecule is CC(C(C/C=C\c1nc2ccccc2o1)c1ccc2c(c1)OCO2)N(Cc1ccc2ccccc2c1)C(=O)C[C@H](CC(=O)O)C(=O)O. The summed E-state index contributed by atoms with van der Waals surface area (Å²) >= 11 is 0. The van der Waals surface area contributed by atoms with Crippen molar-refractivity contribution in [1.82, 2.24) is 9.88 Å². The van der Waals surface area contributed by atoms with E-state index in [0.717, 1.165) is 27.4 Å². The van der Waals surface area contributed by atoms with Crippen LogP contribution in [0.15, 0.2) is 95.4 Å². The molecule has 5 aromatic rings. The van der Waals surface area contributed by atoms with Gasteiger partial charge in [0, 0.05) is 24.9 Å². The Morgan fingerprint density at radius 2 is 1.66 bits per heavy atom. The second-order valence-electron chi connectivity index (χ2n) is 11.7. The lowest BCUT2D eigenvalue weighted by molar-refractivity contribution is -0.151. The maximum atomic E-state index is 14.0. The molecule has 1 aromatic heterocycles. The Labute approximate surface area is 270 Å². The monoisotopic (exact) mass is 634 g/mol. The van der Waals surface area contributed by atoms with Crippen molar-refractivity contribution in [3.63, 3.8) is 0 Å². The molecule has 2 unspecified atom stereocenters. The number of oxazole rings is 1. The summed E-state index contributed by atoms with van der Waals surface area (Å²) in [4.78, 5) is 43.7. The lowest BCUT2D eigenvalue weighted by atomic mass is 9.87. The van der Waals surface area contributed by atoms with E-state index in [1.165, 1.54) is 0 Å². The maximum Gasteiger partial charge on any atom is 0.307 e. The Bertz CT molecular complexity index is 1930. The minimum Gasteiger partial charge on any atom is -0.481 e. The average molecular weight is 635 g/mol. The Balaban J connectivity index is 1.35. The summed E-state index contributed by atoms with van der Waals surface area (Å²) in [5.41, 5.74) is 3.17. The summed E-state index contributed by atoms with van der Waals surface area (Å²) in [6, 6.07) is 26.6. The second-order valence-corrected chi connectivity index (χ2v) is 11.7. The topological polar surface area (TPSA) is 139 Å². The van der Waals surface area contributed by atoms with Crippen LogP contribution in [0.2, 0.25) is 0 Å². The third-order valence-corrected chi connectivity index (χ3v) is 8.54. The molecule has 0 aliphatic carbocycles. The lowest BCUT2D eigenvalue weighted by Gasteiger charge is -2.36. The van der Waals surface area contributed by atoms with Crippen molar-refractivity contribution in [1.29, 1.82) is 0 Å². The largest absolute Gasteiger partial charge is 0.481 e. The normalized spacial score (nSPS) is 14.3. The van der Waals surface area contributed by atoms with Crippen molar-refractivity contribution >= 4 is 45.8 Å². The van der Waals surface area contributed by atoms with Crippen molar-refractivity contribution in [2.75, 3.05) is 6.79 Å². The number of carboxylic acid groups (broad SMARTS) is 2. The molecule has 3 atom stereocenters. The second kappa shape index (κ2) is 13.8. The predicted octanol–water partition coefficient (Wildman–Crippen LogP) is 6.88. The van der Waals surface area contributed by atoms with Gasteiger partial charge in [-0.15, -0.1) is 0 Å². The van der Waals surface area contributed by atoms with Gasteiger partial charge in [0.2, 0.25) is 18.6 Å². The molecule has 0 saturated heterocycles. The van der Waals surface area contributed by atoms with Gasteiger partial charge in [-0.3, -0.25) is 14.4 Å². The molecule has 1 aliphatic rings. The molecule has 0 spiro atoms. The highest BCUT2D eigenvalue weighted by atomic mass is 16.7. The molecule has 47 heavy (non-hydrogen) atoms. The molecule has 6 rings (SSSR count). The fraction of sp³-hybridized carbons (Fsp3) is 0.243. The summed E-state index contributed by atoms with van der Waals surface area (Å²) in [6.07, 6.45) is 3.11. The van der Waals surface area contributed by atoms with Gasteiger partial charge in [0.15, 0.2) is 17.1 Å². The summed E-state index contributed by atoms with van der Waals surface area (Å²) in [7, 11) is 0. The number of aliphatic carboxylic acids is 2. The summed E-state index contributed by atoms with van der Waals surface area (Å²) in [5, 5.41) is 21.2. The molecule has 0 saturated carbocycles. The van der Waals surface area contributed by atoms with Gasteiger partial charge in [-0.05, 0) is 71.7 Å². The van der Waals surface area contributed by atoms with Gasteiger partial charge in [-0.25, -0.2) is 4.98 Å². The molecule has 1 aliphatic heterocycles. The highest BCUT2D eigenvalue weighted by molar-refractivity contribution is 5.86. The standard InChI is InChI=1S/C37H34N2O8/c1-23(39(35(40)19-28(37(43)44)20-36(41)42)21-24-13-14-25-7-2-3-8-26(25)17-24)29(27-15-16-32-33(18-27)46-22-45-32)9-6-12-34-38-30-10-4-5-11-31(30)47-34/h2-8,10-18,23,28-29H,9,19-22H2,1H3,(H,41,42)(H,43,44)/b12-6-/t23?,28-,29?/m1/s1. The van der Waals surface area contributed by atoms with Crippen LogP contribution in [0.4, 0.5) is 0 Å². The number of ether oxygens (including phenoxy) is 2. The Hall–Kier alpha value is -5.64. The highest BCUT2D eigenvalue weighted by Gasteiger charge is 2.33. The maximum absolute atomic E-state index is 14.0. The minimum atomic E-state index is -1.37. The molecule has 240 valence electrons. The van der Waals surface area contributed by atoms with Gasteiger partial charge in [0.05, 0.1) is 12.3 Å². The van der Waals surface area contributed by atoms with E-state index < -0.39 is 42.6 Å². The van der Waals surface area contributed by atoms with Gasteiger partial charge in [-0.2, -0.15) is 0 Å². The van der Waals surface area contributed by atoms with E-state index in [-0.39, 0.29) is 19.3 Å². The Morgan fingerprint density at radius 3 is 2.45 bits per heavy atom. The van der Waals surface area contributed by atoms with E-state index in [2.05, 4.69) is 4.98 Å². The molecule has 1 amide bonds. The quantitative estimate of drug-likeness (QED) is 0.142. The molecular formula is C37H34N2O8. The summed E-state index contributed by atoms with van der Waals surface area (Å²) in [6.45, 7) is 2.23. The van der Waals surface area contributed by atoms with Crippen LogP contribution in [-0.4, -0.2) is 50.8 Å². The number of allylic oxidation sites excluding steroid dienone is 1. The van der Waals surface area contributed by atoms with Gasteiger partial charge >= 0.3 is 11.9 Å². The first kappa shape index (κ1) is 31.3. The van der Waals surface area contributed by atoms with Crippen LogP contribution in [0.1, 0.15) is 49.1 Å². The number of para-hydroxylation sites is 2. The van der Waals surface area contributed by atoms with Gasteiger partial charge in [0.1, 0.15) is 5.52 Å². The van der Waals surface area contributed by atoms with E-state index in [4.69, 9.17) is 13.9 Å². The third kappa shape index (κ3) is 7.27. The molecule has 0 radical (unpaired) electrons. The number of hydrogen-bond donors (Lipinski definition) is 2. The fourth-order valence-electron chi connectivity index (χ4n) is 6.03. The van der Waals surface area contributed by atoms with E-state index in [1.807, 2.05) is 97.9 Å². The zero-order valence-electron chi connectivity index (χ0n) is 25.7. The fourth-order valence-corrected chi connectivity index (χ4v) is 6.03. The Kier molecular flexibility index (Phi) is 9.19. The smallest absolute Gasteiger partial charge is 0.307 e. The number of aromatic nitrogens is 1. The van der Waals surface area contributed by atoms with Gasteiger partial charge < -0.3 is 29.0 Å². The molecule has 10 nitrogen and oxygen atoms in total. The van der Waals surface area contributed by atoms with Crippen LogP contribution in [0.5, 0.6) is 11.5 Å². The van der Waals surface area contributed by atoms with Crippen LogP contribution >= 0.6 is 0 Å². The number of carboxylic acids is 2. The van der Waals surface area contributed by atoms with E-state index in [0.29, 0.717) is 29.4 Å². The average Bonchev–Trinajstić information content (AvgIpc) is 3.71. The number of hydrogen-bond acceptors (Lipinski definition) is 7. The molecular weight excluding hydrogens is 600 g/mol. The molecule has 2 heterocycles. The van der Waals surface area contributed by atoms with Crippen LogP contribution in [-0.2, 0) is 20.9 Å². The van der Waals surface area contributed by atoms with Crippen LogP contribution in [0, 0.1) is 5.92 Å². The van der Waals surface area contributed by atoms with E-state index >= 15 is 0 Å². The zero-order valence-corrected chi connectivity index (χ0v) is 25.7. The third-order valence-electron chi connectivity index (χ3n) is 8.54. The van der Waals surface area contributed by atoms with Crippen molar-refractivity contribution in [2.24, 2.45) is 5.92 Å². The lowest BCUT2D eigenvalue weighted by Crippen LogP contribution is -2.43. The molecule has 4 aromatic carbocycles. The number of carbonyl (C=O) groups is 3. The van der Waals surface area contributed by atoms with Crippen molar-refractivity contribution < 1.29 is 38.5 Å². The minimum absolute atomic E-state index is 0.114. The number of fused-ring (bicyclic) bond motifs is 3. The Morgan fingerprint density at radius 1 is 0.894 bits per heavy atom. The van der Waals surface area contributed by atoms with Crippen LogP contribution in [0.3, 0.4) is 0 Å².